The lowest BCUT2D eigenvalue weighted by Gasteiger charge is -1.97. The summed E-state index contributed by atoms with van der Waals surface area (Å²) in [5.41, 5.74) is 5.87. The van der Waals surface area contributed by atoms with Crippen LogP contribution in [0.2, 0.25) is 0 Å². The van der Waals surface area contributed by atoms with Gasteiger partial charge in [-0.05, 0) is 0 Å². The van der Waals surface area contributed by atoms with Crippen molar-refractivity contribution >= 4 is 11.5 Å². The molecule has 0 fully saturated rings. The highest BCUT2D eigenvalue weighted by Crippen LogP contribution is 2.13. The van der Waals surface area contributed by atoms with Gasteiger partial charge in [0, 0.05) is 12.3 Å². The molecule has 0 aliphatic carbocycles. The van der Waals surface area contributed by atoms with Crippen LogP contribution in [0.5, 0.6) is 0 Å². The maximum atomic E-state index is 13.0. The van der Waals surface area contributed by atoms with E-state index < -0.39 is 5.82 Å². The summed E-state index contributed by atoms with van der Waals surface area (Å²) in [5.74, 6) is -0.202. The number of fused-ring (bicyclic) bond motifs is 1. The van der Waals surface area contributed by atoms with Crippen molar-refractivity contribution < 1.29 is 4.39 Å². The number of aromatic nitrogens is 2. The molecule has 0 bridgehead atoms. The summed E-state index contributed by atoms with van der Waals surface area (Å²) in [4.78, 5) is 3.84. The number of hydrogen-bond donors (Lipinski definition) is 1. The molecule has 0 saturated heterocycles. The minimum Gasteiger partial charge on any atom is -0.383 e. The number of halogens is 1. The molecule has 2 aromatic rings. The van der Waals surface area contributed by atoms with Crippen molar-refractivity contribution in [2.75, 3.05) is 5.73 Å². The van der Waals surface area contributed by atoms with Crippen LogP contribution in [0.25, 0.3) is 5.65 Å². The molecule has 5 heteroatoms. The van der Waals surface area contributed by atoms with Crippen LogP contribution in [0, 0.1) is 17.1 Å². The fraction of sp³-hybridized carbons (Fsp3) is 0. The molecule has 0 amide bonds. The molecule has 0 aliphatic rings. The SMILES string of the molecule is N#Cc1cn2c(N)cnc2cc1F. The fourth-order valence-electron chi connectivity index (χ4n) is 1.10. The van der Waals surface area contributed by atoms with E-state index in [1.807, 2.05) is 0 Å². The lowest BCUT2D eigenvalue weighted by atomic mass is 10.3. The maximum Gasteiger partial charge on any atom is 0.146 e. The summed E-state index contributed by atoms with van der Waals surface area (Å²) in [5, 5.41) is 8.54. The van der Waals surface area contributed by atoms with E-state index in [0.717, 1.165) is 0 Å². The maximum absolute atomic E-state index is 13.0. The van der Waals surface area contributed by atoms with Gasteiger partial charge < -0.3 is 5.73 Å². The number of anilines is 1. The monoisotopic (exact) mass is 176 g/mol. The van der Waals surface area contributed by atoms with E-state index in [2.05, 4.69) is 4.98 Å². The smallest absolute Gasteiger partial charge is 0.146 e. The highest BCUT2D eigenvalue weighted by Gasteiger charge is 2.06. The zero-order chi connectivity index (χ0) is 9.42. The molecule has 0 aromatic carbocycles. The summed E-state index contributed by atoms with van der Waals surface area (Å²) in [7, 11) is 0. The Hall–Kier alpha value is -2.09. The molecule has 2 aromatic heterocycles. The second-order valence-electron chi connectivity index (χ2n) is 2.56. The van der Waals surface area contributed by atoms with E-state index in [0.29, 0.717) is 11.5 Å². The number of nitrogen functional groups attached to an aromatic ring is 1. The molecule has 0 unspecified atom stereocenters. The molecular formula is C8H5FN4. The van der Waals surface area contributed by atoms with Gasteiger partial charge in [0.15, 0.2) is 0 Å². The lowest BCUT2D eigenvalue weighted by Crippen LogP contribution is -1.95. The molecule has 0 atom stereocenters. The highest BCUT2D eigenvalue weighted by atomic mass is 19.1. The molecule has 0 saturated carbocycles. The van der Waals surface area contributed by atoms with Crippen LogP contribution in [-0.2, 0) is 0 Å². The van der Waals surface area contributed by atoms with Crippen LogP contribution < -0.4 is 5.73 Å². The first kappa shape index (κ1) is 7.55. The summed E-state index contributed by atoms with van der Waals surface area (Å²) in [6.45, 7) is 0. The van der Waals surface area contributed by atoms with Crippen LogP contribution in [0.1, 0.15) is 5.56 Å². The third-order valence-electron chi connectivity index (χ3n) is 1.75. The minimum atomic E-state index is -0.583. The molecular weight excluding hydrogens is 171 g/mol. The van der Waals surface area contributed by atoms with Gasteiger partial charge in [-0.3, -0.25) is 4.40 Å². The zero-order valence-corrected chi connectivity index (χ0v) is 6.53. The predicted molar refractivity (Wildman–Crippen MR) is 44.3 cm³/mol. The van der Waals surface area contributed by atoms with Crippen LogP contribution in [0.4, 0.5) is 10.2 Å². The summed E-state index contributed by atoms with van der Waals surface area (Å²) < 4.78 is 14.5. The van der Waals surface area contributed by atoms with Crippen molar-refractivity contribution in [2.45, 2.75) is 0 Å². The second kappa shape index (κ2) is 2.45. The third kappa shape index (κ3) is 0.999. The zero-order valence-electron chi connectivity index (χ0n) is 6.53. The van der Waals surface area contributed by atoms with Crippen molar-refractivity contribution in [3.8, 4) is 6.07 Å². The summed E-state index contributed by atoms with van der Waals surface area (Å²) in [6, 6.07) is 2.90. The fourth-order valence-corrected chi connectivity index (χ4v) is 1.10. The van der Waals surface area contributed by atoms with E-state index in [4.69, 9.17) is 11.0 Å². The Labute approximate surface area is 73.0 Å². The van der Waals surface area contributed by atoms with Crippen molar-refractivity contribution in [2.24, 2.45) is 0 Å². The molecule has 64 valence electrons. The highest BCUT2D eigenvalue weighted by molar-refractivity contribution is 5.50. The summed E-state index contributed by atoms with van der Waals surface area (Å²) >= 11 is 0. The van der Waals surface area contributed by atoms with Gasteiger partial charge in [-0.1, -0.05) is 0 Å². The number of pyridine rings is 1. The first-order chi connectivity index (χ1) is 6.22. The van der Waals surface area contributed by atoms with Crippen molar-refractivity contribution in [3.05, 3.63) is 29.8 Å². The molecule has 2 N–H and O–H groups in total. The molecule has 13 heavy (non-hydrogen) atoms. The normalized spacial score (nSPS) is 10.2. The molecule has 0 spiro atoms. The standard InChI is InChI=1S/C8H5FN4/c9-6-1-8-12-3-7(11)13(8)4-5(6)2-10/h1,3-4H,11H2. The van der Waals surface area contributed by atoms with E-state index >= 15 is 0 Å². The minimum absolute atomic E-state index is 0.0443. The van der Waals surface area contributed by atoms with Gasteiger partial charge in [0.1, 0.15) is 28.9 Å². The van der Waals surface area contributed by atoms with Gasteiger partial charge in [0.05, 0.1) is 6.20 Å². The largest absolute Gasteiger partial charge is 0.383 e. The number of nitriles is 1. The van der Waals surface area contributed by atoms with Gasteiger partial charge in [-0.2, -0.15) is 5.26 Å². The topological polar surface area (TPSA) is 67.1 Å². The lowest BCUT2D eigenvalue weighted by molar-refractivity contribution is 0.622. The molecule has 4 nitrogen and oxygen atoms in total. The Morgan fingerprint density at radius 2 is 2.38 bits per heavy atom. The third-order valence-corrected chi connectivity index (χ3v) is 1.75. The van der Waals surface area contributed by atoms with Crippen LogP contribution in [0.3, 0.4) is 0 Å². The number of rotatable bonds is 0. The Balaban J connectivity index is 2.86. The Bertz CT molecular complexity index is 509. The van der Waals surface area contributed by atoms with Crippen molar-refractivity contribution in [3.63, 3.8) is 0 Å². The van der Waals surface area contributed by atoms with Gasteiger partial charge in [0.25, 0.3) is 0 Å². The van der Waals surface area contributed by atoms with E-state index in [1.54, 1.807) is 6.07 Å². The van der Waals surface area contributed by atoms with E-state index in [9.17, 15) is 4.39 Å². The van der Waals surface area contributed by atoms with Gasteiger partial charge in [-0.15, -0.1) is 0 Å². The number of nitrogens with zero attached hydrogens (tertiary/aromatic N) is 3. The number of hydrogen-bond acceptors (Lipinski definition) is 3. The van der Waals surface area contributed by atoms with Gasteiger partial charge in [-0.25, -0.2) is 9.37 Å². The van der Waals surface area contributed by atoms with E-state index in [1.165, 1.54) is 22.9 Å². The van der Waals surface area contributed by atoms with Crippen LogP contribution >= 0.6 is 0 Å². The average Bonchev–Trinajstić information content (AvgIpc) is 2.46. The second-order valence-corrected chi connectivity index (χ2v) is 2.56. The Kier molecular flexibility index (Phi) is 1.43. The first-order valence-corrected chi connectivity index (χ1v) is 3.54. The van der Waals surface area contributed by atoms with E-state index in [-0.39, 0.29) is 5.56 Å². The van der Waals surface area contributed by atoms with Crippen molar-refractivity contribution in [1.29, 1.82) is 5.26 Å². The predicted octanol–water partition coefficient (Wildman–Crippen LogP) is 0.927. The first-order valence-electron chi connectivity index (χ1n) is 3.54. The Morgan fingerprint density at radius 1 is 1.62 bits per heavy atom. The van der Waals surface area contributed by atoms with Crippen molar-refractivity contribution in [1.82, 2.24) is 9.38 Å². The van der Waals surface area contributed by atoms with Crippen LogP contribution in [-0.4, -0.2) is 9.38 Å². The number of imidazole rings is 1. The van der Waals surface area contributed by atoms with Crippen LogP contribution in [0.15, 0.2) is 18.5 Å². The van der Waals surface area contributed by atoms with Gasteiger partial charge in [0.2, 0.25) is 0 Å². The summed E-state index contributed by atoms with van der Waals surface area (Å²) in [6.07, 6.45) is 2.74. The molecule has 2 heterocycles. The molecule has 0 aliphatic heterocycles. The number of nitrogens with two attached hydrogens (primary N) is 1. The molecule has 2 rings (SSSR count). The average molecular weight is 176 g/mol. The Morgan fingerprint density at radius 3 is 3.08 bits per heavy atom. The molecule has 0 radical (unpaired) electrons. The van der Waals surface area contributed by atoms with Gasteiger partial charge >= 0.3 is 0 Å². The quantitative estimate of drug-likeness (QED) is 0.649.